The van der Waals surface area contributed by atoms with Crippen molar-refractivity contribution in [3.05, 3.63) is 28.8 Å². The van der Waals surface area contributed by atoms with Crippen LogP contribution in [-0.4, -0.2) is 30.8 Å². The summed E-state index contributed by atoms with van der Waals surface area (Å²) < 4.78 is 1.63. The first-order valence-corrected chi connectivity index (χ1v) is 6.07. The fraction of sp³-hybridized carbons (Fsp3) is 0.333. The lowest BCUT2D eigenvalue weighted by Gasteiger charge is -2.10. The molecule has 0 fully saturated rings. The summed E-state index contributed by atoms with van der Waals surface area (Å²) in [6.07, 6.45) is 3.03. The Morgan fingerprint density at radius 1 is 1.42 bits per heavy atom. The van der Waals surface area contributed by atoms with Gasteiger partial charge in [-0.3, -0.25) is 4.68 Å². The van der Waals surface area contributed by atoms with E-state index in [2.05, 4.69) is 15.1 Å². The minimum Gasteiger partial charge on any atom is -0.475 e. The first kappa shape index (κ1) is 13.5. The molecule has 1 N–H and O–H groups in total. The maximum absolute atomic E-state index is 10.9. The van der Waals surface area contributed by atoms with Crippen molar-refractivity contribution in [2.45, 2.75) is 19.8 Å². The van der Waals surface area contributed by atoms with Gasteiger partial charge in [0.15, 0.2) is 0 Å². The summed E-state index contributed by atoms with van der Waals surface area (Å²) in [7, 11) is 1.76. The minimum atomic E-state index is -1.19. The number of hydrogen-bond acceptors (Lipinski definition) is 4. The number of aromatic nitrogens is 4. The number of nitrogens with zero attached hydrogens (tertiary/aromatic N) is 4. The average molecular weight is 281 g/mol. The maximum Gasteiger partial charge on any atom is 0.373 e. The minimum absolute atomic E-state index is 0.225. The molecule has 2 aromatic rings. The van der Waals surface area contributed by atoms with Crippen molar-refractivity contribution < 1.29 is 9.90 Å². The monoisotopic (exact) mass is 280 g/mol. The summed E-state index contributed by atoms with van der Waals surface area (Å²) >= 11 is 6.08. The second-order valence-electron chi connectivity index (χ2n) is 4.42. The molecule has 0 aliphatic rings. The van der Waals surface area contributed by atoms with E-state index < -0.39 is 5.97 Å². The van der Waals surface area contributed by atoms with E-state index in [1.54, 1.807) is 17.9 Å². The quantitative estimate of drug-likeness (QED) is 0.933. The van der Waals surface area contributed by atoms with Crippen LogP contribution in [0.4, 0.5) is 0 Å². The number of aromatic carboxylic acids is 1. The van der Waals surface area contributed by atoms with Crippen LogP contribution in [0.3, 0.4) is 0 Å². The van der Waals surface area contributed by atoms with Crippen molar-refractivity contribution in [2.24, 2.45) is 7.05 Å². The van der Waals surface area contributed by atoms with Gasteiger partial charge in [0.2, 0.25) is 5.82 Å². The van der Waals surface area contributed by atoms with Crippen LogP contribution in [0, 0.1) is 0 Å². The first-order valence-electron chi connectivity index (χ1n) is 5.70. The Morgan fingerprint density at radius 3 is 2.68 bits per heavy atom. The largest absolute Gasteiger partial charge is 0.475 e. The third-order valence-electron chi connectivity index (χ3n) is 2.75. The molecule has 0 unspecified atom stereocenters. The Morgan fingerprint density at radius 2 is 2.11 bits per heavy atom. The molecular weight excluding hydrogens is 268 g/mol. The maximum atomic E-state index is 10.9. The van der Waals surface area contributed by atoms with Gasteiger partial charge in [0.1, 0.15) is 5.69 Å². The van der Waals surface area contributed by atoms with Crippen LogP contribution in [0.2, 0.25) is 5.02 Å². The smallest absolute Gasteiger partial charge is 0.373 e. The summed E-state index contributed by atoms with van der Waals surface area (Å²) in [5, 5.41) is 13.4. The normalized spacial score (nSPS) is 11.0. The van der Waals surface area contributed by atoms with Crippen LogP contribution in [-0.2, 0) is 7.05 Å². The predicted octanol–water partition coefficient (Wildman–Crippen LogP) is 2.35. The van der Waals surface area contributed by atoms with Crippen LogP contribution >= 0.6 is 11.6 Å². The summed E-state index contributed by atoms with van der Waals surface area (Å²) in [5.41, 5.74) is 2.06. The number of carboxylic acids is 1. The Balaban J connectivity index is 2.67. The number of halogens is 1. The Labute approximate surface area is 115 Å². The van der Waals surface area contributed by atoms with Crippen LogP contribution in [0.15, 0.2) is 12.4 Å². The van der Waals surface area contributed by atoms with Gasteiger partial charge in [0.25, 0.3) is 0 Å². The first-order chi connectivity index (χ1) is 8.91. The highest BCUT2D eigenvalue weighted by Crippen LogP contribution is 2.31. The molecule has 100 valence electrons. The van der Waals surface area contributed by atoms with Gasteiger partial charge >= 0.3 is 5.97 Å². The van der Waals surface area contributed by atoms with Crippen LogP contribution < -0.4 is 0 Å². The van der Waals surface area contributed by atoms with E-state index in [0.717, 1.165) is 5.56 Å². The fourth-order valence-electron chi connectivity index (χ4n) is 1.80. The zero-order valence-electron chi connectivity index (χ0n) is 10.8. The molecule has 0 aromatic carbocycles. The zero-order chi connectivity index (χ0) is 14.2. The standard InChI is InChI=1S/C12H13ClN4O2/c1-6(2)7-4-15-17(3)10(7)9-8(13)5-14-11(16-9)12(18)19/h4-6H,1-3H3,(H,18,19). The molecule has 0 atom stereocenters. The summed E-state index contributed by atoms with van der Waals surface area (Å²) in [6, 6.07) is 0. The van der Waals surface area contributed by atoms with E-state index in [1.165, 1.54) is 6.20 Å². The summed E-state index contributed by atoms with van der Waals surface area (Å²) in [5.74, 6) is -1.25. The van der Waals surface area contributed by atoms with E-state index in [4.69, 9.17) is 16.7 Å². The number of carbonyl (C=O) groups is 1. The van der Waals surface area contributed by atoms with E-state index in [0.29, 0.717) is 16.4 Å². The fourth-order valence-corrected chi connectivity index (χ4v) is 1.98. The molecule has 2 rings (SSSR count). The van der Waals surface area contributed by atoms with Crippen molar-refractivity contribution in [2.75, 3.05) is 0 Å². The van der Waals surface area contributed by atoms with Crippen molar-refractivity contribution >= 4 is 17.6 Å². The van der Waals surface area contributed by atoms with E-state index in [9.17, 15) is 4.79 Å². The third-order valence-corrected chi connectivity index (χ3v) is 3.03. The molecule has 0 amide bonds. The lowest BCUT2D eigenvalue weighted by molar-refractivity contribution is 0.0683. The molecule has 0 radical (unpaired) electrons. The zero-order valence-corrected chi connectivity index (χ0v) is 11.5. The Kier molecular flexibility index (Phi) is 3.53. The highest BCUT2D eigenvalue weighted by atomic mass is 35.5. The topological polar surface area (TPSA) is 80.9 Å². The highest BCUT2D eigenvalue weighted by Gasteiger charge is 2.20. The molecule has 0 aliphatic heterocycles. The van der Waals surface area contributed by atoms with Gasteiger partial charge in [-0.1, -0.05) is 25.4 Å². The lowest BCUT2D eigenvalue weighted by Crippen LogP contribution is -2.07. The van der Waals surface area contributed by atoms with Gasteiger partial charge in [-0.25, -0.2) is 14.8 Å². The van der Waals surface area contributed by atoms with Crippen molar-refractivity contribution in [1.29, 1.82) is 0 Å². The Hall–Kier alpha value is -1.95. The molecule has 6 nitrogen and oxygen atoms in total. The number of aryl methyl sites for hydroxylation is 1. The van der Waals surface area contributed by atoms with Crippen LogP contribution in [0.25, 0.3) is 11.4 Å². The molecule has 0 saturated heterocycles. The van der Waals surface area contributed by atoms with Gasteiger partial charge < -0.3 is 5.11 Å². The molecular formula is C12H13ClN4O2. The molecule has 2 heterocycles. The van der Waals surface area contributed by atoms with E-state index in [-0.39, 0.29) is 11.7 Å². The van der Waals surface area contributed by atoms with Crippen molar-refractivity contribution in [3.63, 3.8) is 0 Å². The highest BCUT2D eigenvalue weighted by molar-refractivity contribution is 6.32. The van der Waals surface area contributed by atoms with Crippen molar-refractivity contribution in [3.8, 4) is 11.4 Å². The van der Waals surface area contributed by atoms with E-state index in [1.807, 2.05) is 13.8 Å². The van der Waals surface area contributed by atoms with Crippen molar-refractivity contribution in [1.82, 2.24) is 19.7 Å². The van der Waals surface area contributed by atoms with Gasteiger partial charge in [0.05, 0.1) is 23.1 Å². The molecule has 0 spiro atoms. The van der Waals surface area contributed by atoms with Crippen LogP contribution in [0.5, 0.6) is 0 Å². The number of hydrogen-bond donors (Lipinski definition) is 1. The lowest BCUT2D eigenvalue weighted by atomic mass is 10.0. The molecule has 2 aromatic heterocycles. The summed E-state index contributed by atoms with van der Waals surface area (Å²) in [4.78, 5) is 18.6. The Bertz CT molecular complexity index is 637. The average Bonchev–Trinajstić information content (AvgIpc) is 2.71. The van der Waals surface area contributed by atoms with Gasteiger partial charge in [-0.2, -0.15) is 5.10 Å². The molecule has 7 heteroatoms. The third kappa shape index (κ3) is 2.44. The second kappa shape index (κ2) is 4.97. The second-order valence-corrected chi connectivity index (χ2v) is 4.83. The molecule has 0 bridgehead atoms. The van der Waals surface area contributed by atoms with Gasteiger partial charge in [-0.15, -0.1) is 0 Å². The van der Waals surface area contributed by atoms with E-state index >= 15 is 0 Å². The number of carboxylic acid groups (broad SMARTS) is 1. The predicted molar refractivity (Wildman–Crippen MR) is 70.3 cm³/mol. The summed E-state index contributed by atoms with van der Waals surface area (Å²) in [6.45, 7) is 4.04. The molecule has 19 heavy (non-hydrogen) atoms. The van der Waals surface area contributed by atoms with Gasteiger partial charge in [0, 0.05) is 12.6 Å². The molecule has 0 aliphatic carbocycles. The number of rotatable bonds is 3. The van der Waals surface area contributed by atoms with Crippen LogP contribution in [0.1, 0.15) is 35.9 Å². The van der Waals surface area contributed by atoms with Gasteiger partial charge in [-0.05, 0) is 5.92 Å². The SMILES string of the molecule is CC(C)c1cnn(C)c1-c1nc(C(=O)O)ncc1Cl. The molecule has 0 saturated carbocycles.